The van der Waals surface area contributed by atoms with E-state index >= 15 is 0 Å². The minimum Gasteiger partial charge on any atom is -0.468 e. The van der Waals surface area contributed by atoms with E-state index in [-0.39, 0.29) is 17.6 Å². The highest BCUT2D eigenvalue weighted by molar-refractivity contribution is 5.75. The number of fused-ring (bicyclic) bond motifs is 1. The number of hydrogen-bond acceptors (Lipinski definition) is 5. The van der Waals surface area contributed by atoms with Gasteiger partial charge in [-0.15, -0.1) is 0 Å². The van der Waals surface area contributed by atoms with E-state index in [2.05, 4.69) is 9.88 Å². The van der Waals surface area contributed by atoms with Crippen molar-refractivity contribution in [2.75, 3.05) is 13.7 Å². The van der Waals surface area contributed by atoms with Crippen LogP contribution in [0.4, 0.5) is 0 Å². The van der Waals surface area contributed by atoms with Crippen LogP contribution in [0, 0.1) is 0 Å². The molecule has 0 radical (unpaired) electrons. The van der Waals surface area contributed by atoms with Crippen molar-refractivity contribution in [2.24, 2.45) is 0 Å². The zero-order valence-corrected chi connectivity index (χ0v) is 12.6. The summed E-state index contributed by atoms with van der Waals surface area (Å²) in [6.45, 7) is 1.30. The molecular formula is C16H19N3O3. The van der Waals surface area contributed by atoms with Gasteiger partial charge in [0.05, 0.1) is 12.8 Å². The number of carbonyl (C=O) groups is 1. The molecule has 0 N–H and O–H groups in total. The summed E-state index contributed by atoms with van der Waals surface area (Å²) < 4.78 is 6.40. The summed E-state index contributed by atoms with van der Waals surface area (Å²) in [7, 11) is 1.41. The first kappa shape index (κ1) is 14.7. The second kappa shape index (κ2) is 6.27. The molecule has 3 heterocycles. The number of hydrogen-bond donors (Lipinski definition) is 0. The van der Waals surface area contributed by atoms with Gasteiger partial charge in [0, 0.05) is 18.8 Å². The Morgan fingerprint density at radius 2 is 2.27 bits per heavy atom. The van der Waals surface area contributed by atoms with Gasteiger partial charge in [0.25, 0.3) is 5.56 Å². The van der Waals surface area contributed by atoms with Gasteiger partial charge in [-0.25, -0.2) is 4.98 Å². The number of rotatable bonds is 3. The molecule has 1 atom stereocenters. The Morgan fingerprint density at radius 3 is 3.09 bits per heavy atom. The average molecular weight is 301 g/mol. The van der Waals surface area contributed by atoms with Crippen molar-refractivity contribution < 1.29 is 9.53 Å². The maximum absolute atomic E-state index is 12.1. The molecule has 0 amide bonds. The number of aromatic nitrogens is 2. The molecule has 0 saturated carbocycles. The third kappa shape index (κ3) is 2.87. The molecule has 0 spiro atoms. The zero-order chi connectivity index (χ0) is 15.5. The largest absolute Gasteiger partial charge is 0.468 e. The highest BCUT2D eigenvalue weighted by Crippen LogP contribution is 2.20. The van der Waals surface area contributed by atoms with Crippen LogP contribution in [0.25, 0.3) is 5.65 Å². The Hall–Kier alpha value is -2.21. The van der Waals surface area contributed by atoms with Gasteiger partial charge < -0.3 is 4.74 Å². The van der Waals surface area contributed by atoms with E-state index in [0.717, 1.165) is 25.8 Å². The summed E-state index contributed by atoms with van der Waals surface area (Å²) in [6, 6.07) is 6.75. The Bertz CT molecular complexity index is 741. The molecule has 0 unspecified atom stereocenters. The van der Waals surface area contributed by atoms with Gasteiger partial charge >= 0.3 is 5.97 Å². The highest BCUT2D eigenvalue weighted by atomic mass is 16.5. The quantitative estimate of drug-likeness (QED) is 0.798. The van der Waals surface area contributed by atoms with E-state index in [4.69, 9.17) is 4.74 Å². The molecule has 1 fully saturated rings. The van der Waals surface area contributed by atoms with Crippen LogP contribution in [0.15, 0.2) is 35.3 Å². The summed E-state index contributed by atoms with van der Waals surface area (Å²) in [5.41, 5.74) is 1.20. The molecule has 0 aliphatic carbocycles. The first-order valence-electron chi connectivity index (χ1n) is 7.48. The summed E-state index contributed by atoms with van der Waals surface area (Å²) in [6.07, 6.45) is 4.55. The Kier molecular flexibility index (Phi) is 4.20. The molecule has 1 aliphatic heterocycles. The highest BCUT2D eigenvalue weighted by Gasteiger charge is 2.29. The number of nitrogens with zero attached hydrogens (tertiary/aromatic N) is 3. The molecule has 116 valence electrons. The van der Waals surface area contributed by atoms with E-state index in [1.54, 1.807) is 18.3 Å². The fourth-order valence-electron chi connectivity index (χ4n) is 2.98. The summed E-state index contributed by atoms with van der Waals surface area (Å²) >= 11 is 0. The first-order valence-corrected chi connectivity index (χ1v) is 7.48. The van der Waals surface area contributed by atoms with Gasteiger partial charge in [-0.2, -0.15) is 0 Å². The van der Waals surface area contributed by atoms with Crippen molar-refractivity contribution in [3.8, 4) is 0 Å². The molecule has 3 rings (SSSR count). The Labute approximate surface area is 128 Å². The van der Waals surface area contributed by atoms with Crippen LogP contribution in [-0.4, -0.2) is 40.0 Å². The summed E-state index contributed by atoms with van der Waals surface area (Å²) in [4.78, 5) is 30.6. The lowest BCUT2D eigenvalue weighted by Gasteiger charge is -2.33. The second-order valence-electron chi connectivity index (χ2n) is 5.52. The predicted molar refractivity (Wildman–Crippen MR) is 81.5 cm³/mol. The van der Waals surface area contributed by atoms with E-state index in [0.29, 0.717) is 17.9 Å². The molecule has 6 nitrogen and oxygen atoms in total. The van der Waals surface area contributed by atoms with Gasteiger partial charge in [-0.05, 0) is 31.5 Å². The van der Waals surface area contributed by atoms with Crippen LogP contribution in [-0.2, 0) is 16.1 Å². The van der Waals surface area contributed by atoms with Gasteiger partial charge in [0.2, 0.25) is 0 Å². The molecule has 2 aromatic rings. The minimum absolute atomic E-state index is 0.104. The normalized spacial score (nSPS) is 19.2. The SMILES string of the molecule is COC(=O)[C@@H]1CCCCN1Cc1cc(=O)n2ccccc2n1. The van der Waals surface area contributed by atoms with E-state index in [1.807, 2.05) is 6.07 Å². The number of pyridine rings is 1. The lowest BCUT2D eigenvalue weighted by atomic mass is 10.0. The van der Waals surface area contributed by atoms with Crippen LogP contribution in [0.5, 0.6) is 0 Å². The number of ether oxygens (including phenoxy) is 1. The smallest absolute Gasteiger partial charge is 0.323 e. The first-order chi connectivity index (χ1) is 10.7. The molecule has 1 saturated heterocycles. The molecular weight excluding hydrogens is 282 g/mol. The molecule has 6 heteroatoms. The summed E-state index contributed by atoms with van der Waals surface area (Å²) in [5.74, 6) is -0.211. The lowest BCUT2D eigenvalue weighted by Crippen LogP contribution is -2.44. The van der Waals surface area contributed by atoms with Crippen molar-refractivity contribution in [3.05, 3.63) is 46.5 Å². The minimum atomic E-state index is -0.241. The van der Waals surface area contributed by atoms with Crippen LogP contribution >= 0.6 is 0 Å². The van der Waals surface area contributed by atoms with Crippen molar-refractivity contribution >= 4 is 11.6 Å². The third-order valence-electron chi connectivity index (χ3n) is 4.08. The molecule has 0 aromatic carbocycles. The zero-order valence-electron chi connectivity index (χ0n) is 12.6. The second-order valence-corrected chi connectivity index (χ2v) is 5.52. The number of carbonyl (C=O) groups excluding carboxylic acids is 1. The standard InChI is InChI=1S/C16H19N3O3/c1-22-16(21)13-6-2-4-8-18(13)11-12-10-15(20)19-9-5-3-7-14(19)17-12/h3,5,7,9-10,13H,2,4,6,8,11H2,1H3/t13-/m0/s1. The van der Waals surface area contributed by atoms with E-state index < -0.39 is 0 Å². The lowest BCUT2D eigenvalue weighted by molar-refractivity contribution is -0.148. The van der Waals surface area contributed by atoms with Crippen molar-refractivity contribution in [1.82, 2.24) is 14.3 Å². The fraction of sp³-hybridized carbons (Fsp3) is 0.438. The number of likely N-dealkylation sites (tertiary alicyclic amines) is 1. The average Bonchev–Trinajstić information content (AvgIpc) is 2.55. The van der Waals surface area contributed by atoms with Crippen molar-refractivity contribution in [2.45, 2.75) is 31.8 Å². The maximum atomic E-state index is 12.1. The maximum Gasteiger partial charge on any atom is 0.323 e. The topological polar surface area (TPSA) is 63.9 Å². The molecule has 22 heavy (non-hydrogen) atoms. The molecule has 1 aliphatic rings. The third-order valence-corrected chi connectivity index (χ3v) is 4.08. The number of methoxy groups -OCH3 is 1. The predicted octanol–water partition coefficient (Wildman–Crippen LogP) is 1.22. The number of esters is 1. The van der Waals surface area contributed by atoms with Crippen molar-refractivity contribution in [1.29, 1.82) is 0 Å². The van der Waals surface area contributed by atoms with Gasteiger partial charge in [0.15, 0.2) is 0 Å². The fourth-order valence-corrected chi connectivity index (χ4v) is 2.98. The Balaban J connectivity index is 1.88. The Morgan fingerprint density at radius 1 is 1.41 bits per heavy atom. The van der Waals surface area contributed by atoms with Crippen LogP contribution < -0.4 is 5.56 Å². The van der Waals surface area contributed by atoms with Gasteiger partial charge in [-0.3, -0.25) is 18.9 Å². The van der Waals surface area contributed by atoms with Crippen LogP contribution in [0.3, 0.4) is 0 Å². The monoisotopic (exact) mass is 301 g/mol. The van der Waals surface area contributed by atoms with E-state index in [1.165, 1.54) is 17.6 Å². The van der Waals surface area contributed by atoms with Gasteiger partial charge in [-0.1, -0.05) is 12.5 Å². The molecule has 2 aromatic heterocycles. The van der Waals surface area contributed by atoms with Crippen LogP contribution in [0.1, 0.15) is 25.0 Å². The van der Waals surface area contributed by atoms with Gasteiger partial charge in [0.1, 0.15) is 11.7 Å². The van der Waals surface area contributed by atoms with Crippen LogP contribution in [0.2, 0.25) is 0 Å². The van der Waals surface area contributed by atoms with Crippen molar-refractivity contribution in [3.63, 3.8) is 0 Å². The molecule has 0 bridgehead atoms. The van der Waals surface area contributed by atoms with E-state index in [9.17, 15) is 9.59 Å². The summed E-state index contributed by atoms with van der Waals surface area (Å²) in [5, 5.41) is 0. The number of piperidine rings is 1.